The molecule has 0 aliphatic heterocycles. The Hall–Kier alpha value is -3.66. The maximum absolute atomic E-state index is 13.7. The number of aliphatic hydroxyl groups excluding tert-OH is 1. The third-order valence-corrected chi connectivity index (χ3v) is 10.1. The second-order valence-electron chi connectivity index (χ2n) is 12.8. The molecule has 0 unspecified atom stereocenters. The van der Waals surface area contributed by atoms with Gasteiger partial charge in [-0.3, -0.25) is 19.1 Å². The highest BCUT2D eigenvalue weighted by molar-refractivity contribution is 7.89. The molecule has 9 nitrogen and oxygen atoms in total. The van der Waals surface area contributed by atoms with E-state index in [1.54, 1.807) is 6.07 Å². The summed E-state index contributed by atoms with van der Waals surface area (Å²) in [6, 6.07) is 5.56. The Kier molecular flexibility index (Phi) is 15.6. The van der Waals surface area contributed by atoms with Crippen LogP contribution in [0.4, 0.5) is 11.4 Å². The Morgan fingerprint density at radius 2 is 1.38 bits per heavy atom. The molecule has 1 amide bonds. The molecule has 0 aromatic heterocycles. The summed E-state index contributed by atoms with van der Waals surface area (Å²) in [5, 5.41) is 14.1. The number of amides is 1. The monoisotopic (exact) mass is 681 g/mol. The number of rotatable bonds is 22. The SMILES string of the molecule is CCCCCCCCN(CCCCCCCC)c1ccc(C2=C(O)/C(=C3\C=CC(=O)C=C3NS(=O)(=O)CCCC)C2=O)c(NC(C)=O)c1. The van der Waals surface area contributed by atoms with Gasteiger partial charge in [0.15, 0.2) is 5.78 Å². The molecule has 0 saturated carbocycles. The van der Waals surface area contributed by atoms with Crippen molar-refractivity contribution < 1.29 is 27.9 Å². The number of hydrogen-bond donors (Lipinski definition) is 3. The maximum atomic E-state index is 13.7. The highest BCUT2D eigenvalue weighted by Gasteiger charge is 2.39. The van der Waals surface area contributed by atoms with Gasteiger partial charge in [0.2, 0.25) is 21.7 Å². The summed E-state index contributed by atoms with van der Waals surface area (Å²) in [5.41, 5.74) is 1.77. The first-order valence-electron chi connectivity index (χ1n) is 17.9. The summed E-state index contributed by atoms with van der Waals surface area (Å²) in [6.45, 7) is 9.47. The first-order valence-corrected chi connectivity index (χ1v) is 19.5. The number of aliphatic hydroxyl groups is 1. The van der Waals surface area contributed by atoms with Crippen molar-refractivity contribution in [3.05, 3.63) is 64.6 Å². The highest BCUT2D eigenvalue weighted by Crippen LogP contribution is 2.43. The maximum Gasteiger partial charge on any atom is 0.232 e. The fraction of sp³-hybridized carbons (Fsp3) is 0.553. The molecule has 10 heteroatoms. The van der Waals surface area contributed by atoms with E-state index in [1.165, 1.54) is 70.4 Å². The van der Waals surface area contributed by atoms with Crippen molar-refractivity contribution in [3.63, 3.8) is 0 Å². The number of benzene rings is 1. The normalized spacial score (nSPS) is 16.2. The third-order valence-electron chi connectivity index (χ3n) is 8.73. The van der Waals surface area contributed by atoms with Gasteiger partial charge in [0.05, 0.1) is 28.3 Å². The largest absolute Gasteiger partial charge is 0.506 e. The first kappa shape index (κ1) is 38.8. The minimum Gasteiger partial charge on any atom is -0.506 e. The lowest BCUT2D eigenvalue weighted by Crippen LogP contribution is -2.31. The molecule has 0 heterocycles. The van der Waals surface area contributed by atoms with Crippen LogP contribution in [0.15, 0.2) is 59.0 Å². The number of anilines is 2. The zero-order valence-corrected chi connectivity index (χ0v) is 30.1. The fourth-order valence-corrected chi connectivity index (χ4v) is 7.33. The molecule has 2 aliphatic rings. The second kappa shape index (κ2) is 19.4. The summed E-state index contributed by atoms with van der Waals surface area (Å²) in [7, 11) is -3.78. The van der Waals surface area contributed by atoms with Crippen LogP contribution in [0.3, 0.4) is 0 Å². The summed E-state index contributed by atoms with van der Waals surface area (Å²) in [4.78, 5) is 40.5. The van der Waals surface area contributed by atoms with Gasteiger partial charge in [0.1, 0.15) is 5.76 Å². The minimum absolute atomic E-state index is 0.0321. The molecular weight excluding hydrogens is 627 g/mol. The van der Waals surface area contributed by atoms with Gasteiger partial charge < -0.3 is 15.3 Å². The number of carbonyl (C=O) groups is 3. The van der Waals surface area contributed by atoms with Crippen molar-refractivity contribution in [3.8, 4) is 0 Å². The van der Waals surface area contributed by atoms with Crippen LogP contribution in [0.1, 0.15) is 123 Å². The number of ketones is 2. The summed E-state index contributed by atoms with van der Waals surface area (Å²) >= 11 is 0. The van der Waals surface area contributed by atoms with E-state index in [9.17, 15) is 27.9 Å². The molecule has 0 spiro atoms. The lowest BCUT2D eigenvalue weighted by atomic mass is 9.79. The zero-order chi connectivity index (χ0) is 35.1. The number of carbonyl (C=O) groups excluding carboxylic acids is 3. The third kappa shape index (κ3) is 11.2. The molecule has 0 bridgehead atoms. The van der Waals surface area contributed by atoms with Crippen LogP contribution in [0.5, 0.6) is 0 Å². The molecule has 1 aromatic carbocycles. The number of nitrogens with zero attached hydrogens (tertiary/aromatic N) is 1. The Balaban J connectivity index is 1.93. The standard InChI is InChI=1S/C38H55N3O6S/c1-5-8-11-13-15-17-23-41(24-18-16-14-12-9-6-2)29-19-21-31(33(26-29)39-28(4)42)35-37(44)36(38(35)45)32-22-20-30(43)27-34(32)40-48(46,47)25-10-7-3/h19-22,26-27,40,44H,5-18,23-25H2,1-4H3,(H,39,42)/b36-32-. The van der Waals surface area contributed by atoms with Crippen LogP contribution >= 0.6 is 0 Å². The number of Topliss-reactive ketones (excluding diaryl/α,β-unsaturated/α-hetero) is 1. The van der Waals surface area contributed by atoms with E-state index in [0.717, 1.165) is 50.5 Å². The average molecular weight is 682 g/mol. The second-order valence-corrected chi connectivity index (χ2v) is 14.7. The highest BCUT2D eigenvalue weighted by atomic mass is 32.2. The van der Waals surface area contributed by atoms with Crippen molar-refractivity contribution >= 4 is 44.4 Å². The van der Waals surface area contributed by atoms with Gasteiger partial charge in [-0.2, -0.15) is 0 Å². The van der Waals surface area contributed by atoms with Gasteiger partial charge >= 0.3 is 0 Å². The molecular formula is C38H55N3O6S. The lowest BCUT2D eigenvalue weighted by molar-refractivity contribution is -0.114. The summed E-state index contributed by atoms with van der Waals surface area (Å²) in [6.07, 6.45) is 19.1. The zero-order valence-electron chi connectivity index (χ0n) is 29.3. The van der Waals surface area contributed by atoms with Gasteiger partial charge in [-0.1, -0.05) is 91.4 Å². The number of unbranched alkanes of at least 4 members (excludes halogenated alkanes) is 11. The van der Waals surface area contributed by atoms with E-state index in [2.05, 4.69) is 28.8 Å². The van der Waals surface area contributed by atoms with Crippen LogP contribution in [0.25, 0.3) is 5.57 Å². The van der Waals surface area contributed by atoms with Crippen LogP contribution in [-0.2, 0) is 24.4 Å². The molecule has 0 saturated heterocycles. The molecule has 3 N–H and O–H groups in total. The molecule has 264 valence electrons. The Bertz CT molecular complexity index is 1520. The topological polar surface area (TPSA) is 133 Å². The number of sulfonamides is 1. The molecule has 3 rings (SSSR count). The molecule has 1 aromatic rings. The van der Waals surface area contributed by atoms with Crippen LogP contribution < -0.4 is 14.9 Å². The first-order chi connectivity index (χ1) is 23.0. The van der Waals surface area contributed by atoms with Gasteiger partial charge in [-0.15, -0.1) is 0 Å². The molecule has 2 aliphatic carbocycles. The smallest absolute Gasteiger partial charge is 0.232 e. The van der Waals surface area contributed by atoms with Crippen molar-refractivity contribution in [2.75, 3.05) is 29.1 Å². The summed E-state index contributed by atoms with van der Waals surface area (Å²) < 4.78 is 27.7. The number of hydrogen-bond acceptors (Lipinski definition) is 7. The Morgan fingerprint density at radius 3 is 1.94 bits per heavy atom. The number of allylic oxidation sites excluding steroid dienone is 5. The van der Waals surface area contributed by atoms with Gasteiger partial charge in [0, 0.05) is 42.9 Å². The van der Waals surface area contributed by atoms with Crippen molar-refractivity contribution in [2.45, 2.75) is 118 Å². The number of nitrogens with one attached hydrogen (secondary N) is 2. The van der Waals surface area contributed by atoms with Crippen molar-refractivity contribution in [1.29, 1.82) is 0 Å². The molecule has 0 atom stereocenters. The van der Waals surface area contributed by atoms with Crippen LogP contribution in [-0.4, -0.2) is 49.8 Å². The fourth-order valence-electron chi connectivity index (χ4n) is 6.06. The summed E-state index contributed by atoms with van der Waals surface area (Å²) in [5.74, 6) is -1.70. The van der Waals surface area contributed by atoms with Gasteiger partial charge in [-0.25, -0.2) is 8.42 Å². The van der Waals surface area contributed by atoms with Crippen molar-refractivity contribution in [2.24, 2.45) is 0 Å². The lowest BCUT2D eigenvalue weighted by Gasteiger charge is -2.29. The van der Waals surface area contributed by atoms with E-state index in [-0.39, 0.29) is 39.8 Å². The van der Waals surface area contributed by atoms with Crippen LogP contribution in [0.2, 0.25) is 0 Å². The van der Waals surface area contributed by atoms with E-state index in [4.69, 9.17) is 0 Å². The average Bonchev–Trinajstić information content (AvgIpc) is 3.04. The van der Waals surface area contributed by atoms with E-state index in [0.29, 0.717) is 24.1 Å². The van der Waals surface area contributed by atoms with Crippen LogP contribution in [0, 0.1) is 0 Å². The van der Waals surface area contributed by atoms with E-state index in [1.807, 2.05) is 19.1 Å². The van der Waals surface area contributed by atoms with Crippen molar-refractivity contribution in [1.82, 2.24) is 4.72 Å². The predicted octanol–water partition coefficient (Wildman–Crippen LogP) is 8.06. The molecule has 0 radical (unpaired) electrons. The molecule has 48 heavy (non-hydrogen) atoms. The Labute approximate surface area is 287 Å². The minimum atomic E-state index is -3.78. The van der Waals surface area contributed by atoms with Gasteiger partial charge in [-0.05, 0) is 49.6 Å². The molecule has 0 fully saturated rings. The van der Waals surface area contributed by atoms with E-state index >= 15 is 0 Å². The van der Waals surface area contributed by atoms with Gasteiger partial charge in [0.25, 0.3) is 0 Å². The quantitative estimate of drug-likeness (QED) is 0.0833. The van der Waals surface area contributed by atoms with E-state index < -0.39 is 21.6 Å². The predicted molar refractivity (Wildman–Crippen MR) is 195 cm³/mol. The Morgan fingerprint density at radius 1 is 0.792 bits per heavy atom.